The molecule has 2 aromatic rings. The van der Waals surface area contributed by atoms with E-state index in [1.165, 1.54) is 0 Å². The number of nitrogens with zero attached hydrogens (tertiary/aromatic N) is 2. The molecular weight excluding hydrogens is 268 g/mol. The lowest BCUT2D eigenvalue weighted by atomic mass is 10.1. The third kappa shape index (κ3) is 2.65. The molecule has 0 fully saturated rings. The summed E-state index contributed by atoms with van der Waals surface area (Å²) in [5.41, 5.74) is 1.88. The van der Waals surface area contributed by atoms with Gasteiger partial charge in [-0.05, 0) is 11.6 Å². The molecule has 1 N–H and O–H groups in total. The van der Waals surface area contributed by atoms with Crippen molar-refractivity contribution in [3.05, 3.63) is 58.1 Å². The summed E-state index contributed by atoms with van der Waals surface area (Å²) in [6.07, 6.45) is 3.99. The van der Waals surface area contributed by atoms with Gasteiger partial charge in [0.2, 0.25) is 0 Å². The molecule has 0 amide bonds. The van der Waals surface area contributed by atoms with Gasteiger partial charge in [-0.15, -0.1) is 0 Å². The Labute approximate surface area is 102 Å². The van der Waals surface area contributed by atoms with Crippen LogP contribution in [0.1, 0.15) is 17.0 Å². The molecule has 0 aliphatic rings. The first-order valence-corrected chi connectivity index (χ1v) is 5.73. The third-order valence-electron chi connectivity index (χ3n) is 2.25. The second-order valence-corrected chi connectivity index (χ2v) is 4.29. The topological polar surface area (TPSA) is 46.0 Å². The lowest BCUT2D eigenvalue weighted by Crippen LogP contribution is -1.98. The fraction of sp³-hybridized carbons (Fsp3) is 0.167. The van der Waals surface area contributed by atoms with Gasteiger partial charge in [0, 0.05) is 28.9 Å². The molecule has 0 unspecified atom stereocenters. The van der Waals surface area contributed by atoms with Gasteiger partial charge < -0.3 is 5.11 Å². The molecule has 4 heteroatoms. The summed E-state index contributed by atoms with van der Waals surface area (Å²) >= 11 is 3.49. The van der Waals surface area contributed by atoms with Gasteiger partial charge in [-0.3, -0.25) is 0 Å². The fourth-order valence-electron chi connectivity index (χ4n) is 1.37. The van der Waals surface area contributed by atoms with Crippen molar-refractivity contribution >= 4 is 15.9 Å². The van der Waals surface area contributed by atoms with Crippen molar-refractivity contribution in [2.45, 2.75) is 13.0 Å². The van der Waals surface area contributed by atoms with Crippen LogP contribution in [-0.2, 0) is 13.0 Å². The Bertz CT molecular complexity index is 471. The lowest BCUT2D eigenvalue weighted by molar-refractivity contribution is 0.280. The molecule has 1 aromatic heterocycles. The fourth-order valence-corrected chi connectivity index (χ4v) is 1.79. The van der Waals surface area contributed by atoms with E-state index in [0.717, 1.165) is 21.4 Å². The highest BCUT2D eigenvalue weighted by atomic mass is 79.9. The Hall–Kier alpha value is -1.26. The molecule has 0 radical (unpaired) electrons. The molecule has 82 valence electrons. The molecule has 0 saturated carbocycles. The Kier molecular flexibility index (Phi) is 3.64. The van der Waals surface area contributed by atoms with E-state index in [1.807, 2.05) is 24.3 Å². The Balaban J connectivity index is 2.18. The van der Waals surface area contributed by atoms with Gasteiger partial charge in [0.05, 0.1) is 6.61 Å². The minimum atomic E-state index is -0.0185. The van der Waals surface area contributed by atoms with Gasteiger partial charge in [0.1, 0.15) is 5.82 Å². The molecule has 0 saturated heterocycles. The molecule has 1 heterocycles. The summed E-state index contributed by atoms with van der Waals surface area (Å²) in [6.45, 7) is -0.0185. The van der Waals surface area contributed by atoms with E-state index in [9.17, 15) is 0 Å². The molecule has 0 bridgehead atoms. The zero-order valence-electron chi connectivity index (χ0n) is 8.60. The zero-order valence-corrected chi connectivity index (χ0v) is 10.2. The number of aliphatic hydroxyl groups is 1. The van der Waals surface area contributed by atoms with Crippen molar-refractivity contribution < 1.29 is 5.11 Å². The van der Waals surface area contributed by atoms with Crippen molar-refractivity contribution in [1.29, 1.82) is 0 Å². The minimum absolute atomic E-state index is 0.0185. The van der Waals surface area contributed by atoms with Crippen LogP contribution in [0.4, 0.5) is 0 Å². The molecule has 0 atom stereocenters. The smallest absolute Gasteiger partial charge is 0.132 e. The number of benzene rings is 1. The lowest BCUT2D eigenvalue weighted by Gasteiger charge is -2.03. The van der Waals surface area contributed by atoms with Crippen molar-refractivity contribution in [3.63, 3.8) is 0 Å². The Morgan fingerprint density at radius 2 is 1.81 bits per heavy atom. The molecule has 0 aliphatic carbocycles. The van der Waals surface area contributed by atoms with Crippen molar-refractivity contribution in [3.8, 4) is 0 Å². The van der Waals surface area contributed by atoms with Gasteiger partial charge in [-0.25, -0.2) is 9.97 Å². The first kappa shape index (κ1) is 11.2. The highest BCUT2D eigenvalue weighted by molar-refractivity contribution is 9.10. The van der Waals surface area contributed by atoms with Crippen LogP contribution < -0.4 is 0 Å². The number of rotatable bonds is 3. The van der Waals surface area contributed by atoms with Crippen LogP contribution in [0.25, 0.3) is 0 Å². The summed E-state index contributed by atoms with van der Waals surface area (Å²) in [5.74, 6) is 0.754. The maximum Gasteiger partial charge on any atom is 0.132 e. The first-order chi connectivity index (χ1) is 7.79. The summed E-state index contributed by atoms with van der Waals surface area (Å²) < 4.78 is 1.06. The molecule has 16 heavy (non-hydrogen) atoms. The van der Waals surface area contributed by atoms with E-state index in [2.05, 4.69) is 25.9 Å². The van der Waals surface area contributed by atoms with Crippen molar-refractivity contribution in [2.75, 3.05) is 0 Å². The SMILES string of the molecule is OCc1cnc(Cc2ccccc2Br)nc1. The largest absolute Gasteiger partial charge is 0.392 e. The summed E-state index contributed by atoms with van der Waals surface area (Å²) in [5, 5.41) is 8.87. The predicted octanol–water partition coefficient (Wildman–Crippen LogP) is 2.32. The van der Waals surface area contributed by atoms with Crippen LogP contribution in [0.2, 0.25) is 0 Å². The van der Waals surface area contributed by atoms with Gasteiger partial charge in [-0.1, -0.05) is 34.1 Å². The average Bonchev–Trinajstić information content (AvgIpc) is 2.33. The molecule has 1 aromatic carbocycles. The predicted molar refractivity (Wildman–Crippen MR) is 64.9 cm³/mol. The van der Waals surface area contributed by atoms with Gasteiger partial charge in [-0.2, -0.15) is 0 Å². The third-order valence-corrected chi connectivity index (χ3v) is 3.02. The van der Waals surface area contributed by atoms with E-state index in [1.54, 1.807) is 12.4 Å². The quantitative estimate of drug-likeness (QED) is 0.937. The second-order valence-electron chi connectivity index (χ2n) is 3.43. The zero-order chi connectivity index (χ0) is 11.4. The van der Waals surface area contributed by atoms with E-state index in [-0.39, 0.29) is 6.61 Å². The Morgan fingerprint density at radius 1 is 1.12 bits per heavy atom. The van der Waals surface area contributed by atoms with Gasteiger partial charge in [0.15, 0.2) is 0 Å². The summed E-state index contributed by atoms with van der Waals surface area (Å²) in [4.78, 5) is 8.39. The van der Waals surface area contributed by atoms with Gasteiger partial charge in [0.25, 0.3) is 0 Å². The van der Waals surface area contributed by atoms with E-state index in [0.29, 0.717) is 6.42 Å². The molecule has 0 aliphatic heterocycles. The van der Waals surface area contributed by atoms with Crippen LogP contribution in [-0.4, -0.2) is 15.1 Å². The van der Waals surface area contributed by atoms with Crippen LogP contribution in [0.15, 0.2) is 41.1 Å². The normalized spacial score (nSPS) is 10.4. The number of aromatic nitrogens is 2. The molecular formula is C12H11BrN2O. The Morgan fingerprint density at radius 3 is 2.44 bits per heavy atom. The maximum atomic E-state index is 8.87. The van der Waals surface area contributed by atoms with Crippen LogP contribution >= 0.6 is 15.9 Å². The molecule has 3 nitrogen and oxygen atoms in total. The minimum Gasteiger partial charge on any atom is -0.392 e. The van der Waals surface area contributed by atoms with Crippen molar-refractivity contribution in [1.82, 2.24) is 9.97 Å². The standard InChI is InChI=1S/C12H11BrN2O/c13-11-4-2-1-3-10(11)5-12-14-6-9(8-16)7-15-12/h1-4,6-7,16H,5,8H2. The molecule has 0 spiro atoms. The van der Waals surface area contributed by atoms with Crippen LogP contribution in [0, 0.1) is 0 Å². The van der Waals surface area contributed by atoms with Crippen LogP contribution in [0.3, 0.4) is 0 Å². The maximum absolute atomic E-state index is 8.87. The van der Waals surface area contributed by atoms with Crippen molar-refractivity contribution in [2.24, 2.45) is 0 Å². The van der Waals surface area contributed by atoms with E-state index in [4.69, 9.17) is 5.11 Å². The summed E-state index contributed by atoms with van der Waals surface area (Å²) in [7, 11) is 0. The highest BCUT2D eigenvalue weighted by Crippen LogP contribution is 2.17. The monoisotopic (exact) mass is 278 g/mol. The highest BCUT2D eigenvalue weighted by Gasteiger charge is 2.02. The van der Waals surface area contributed by atoms with E-state index >= 15 is 0 Å². The second kappa shape index (κ2) is 5.18. The number of hydrogen-bond acceptors (Lipinski definition) is 3. The van der Waals surface area contributed by atoms with Crippen LogP contribution in [0.5, 0.6) is 0 Å². The first-order valence-electron chi connectivity index (χ1n) is 4.93. The number of hydrogen-bond donors (Lipinski definition) is 1. The average molecular weight is 279 g/mol. The number of halogens is 1. The number of aliphatic hydroxyl groups excluding tert-OH is 1. The van der Waals surface area contributed by atoms with Gasteiger partial charge >= 0.3 is 0 Å². The molecule has 2 rings (SSSR count). The van der Waals surface area contributed by atoms with E-state index < -0.39 is 0 Å². The summed E-state index contributed by atoms with van der Waals surface area (Å²) in [6, 6.07) is 8.00.